The molecule has 1 saturated heterocycles. The average Bonchev–Trinajstić information content (AvgIpc) is 3.22. The minimum Gasteiger partial charge on any atom is -0.321 e. The fourth-order valence-corrected chi connectivity index (χ4v) is 4.36. The summed E-state index contributed by atoms with van der Waals surface area (Å²) >= 11 is 7.91. The molecule has 0 radical (unpaired) electrons. The Kier molecular flexibility index (Phi) is 3.64. The van der Waals surface area contributed by atoms with Crippen LogP contribution in [0.25, 0.3) is 10.2 Å². The number of halogens is 1. The zero-order valence-electron chi connectivity index (χ0n) is 12.4. The average molecular weight is 333 g/mol. The Labute approximate surface area is 138 Å². The van der Waals surface area contributed by atoms with E-state index in [9.17, 15) is 0 Å². The van der Waals surface area contributed by atoms with Gasteiger partial charge in [-0.15, -0.1) is 11.3 Å². The minimum atomic E-state index is 0.396. The molecule has 6 heteroatoms. The van der Waals surface area contributed by atoms with Crippen LogP contribution in [0.1, 0.15) is 29.7 Å². The lowest BCUT2D eigenvalue weighted by Crippen LogP contribution is -2.24. The van der Waals surface area contributed by atoms with Crippen LogP contribution in [0.3, 0.4) is 0 Å². The van der Waals surface area contributed by atoms with Crippen LogP contribution >= 0.6 is 22.9 Å². The standard InChI is InChI=1S/C16H17ClN4S/c1-20-14(17)9-18-15(20)10-21-8-4-6-12(21)16-19-11-5-2-3-7-13(11)22-16/h2-3,5,7,9,12H,4,6,8,10H2,1H3/t12-/m1/s1. The molecule has 4 nitrogen and oxygen atoms in total. The Hall–Kier alpha value is -1.43. The first kappa shape index (κ1) is 14.2. The van der Waals surface area contributed by atoms with E-state index in [1.54, 1.807) is 6.20 Å². The predicted molar refractivity (Wildman–Crippen MR) is 90.2 cm³/mol. The van der Waals surface area contributed by atoms with Gasteiger partial charge in [0.15, 0.2) is 0 Å². The zero-order valence-corrected chi connectivity index (χ0v) is 13.9. The zero-order chi connectivity index (χ0) is 15.1. The number of likely N-dealkylation sites (tertiary alicyclic amines) is 1. The molecule has 3 aromatic rings. The van der Waals surface area contributed by atoms with Crippen molar-refractivity contribution >= 4 is 33.2 Å². The van der Waals surface area contributed by atoms with E-state index in [-0.39, 0.29) is 0 Å². The van der Waals surface area contributed by atoms with Gasteiger partial charge in [-0.3, -0.25) is 4.90 Å². The van der Waals surface area contributed by atoms with Crippen LogP contribution in [-0.2, 0) is 13.6 Å². The molecular formula is C16H17ClN4S. The summed E-state index contributed by atoms with van der Waals surface area (Å²) in [5.74, 6) is 1.01. The number of hydrogen-bond acceptors (Lipinski definition) is 4. The van der Waals surface area contributed by atoms with Gasteiger partial charge in [0.05, 0.1) is 29.0 Å². The lowest BCUT2D eigenvalue weighted by molar-refractivity contribution is 0.239. The van der Waals surface area contributed by atoms with Crippen molar-refractivity contribution in [3.05, 3.63) is 46.4 Å². The molecule has 114 valence electrons. The maximum absolute atomic E-state index is 6.09. The highest BCUT2D eigenvalue weighted by atomic mass is 35.5. The van der Waals surface area contributed by atoms with Crippen molar-refractivity contribution < 1.29 is 0 Å². The molecule has 22 heavy (non-hydrogen) atoms. The van der Waals surface area contributed by atoms with E-state index in [0.29, 0.717) is 11.2 Å². The number of thiazole rings is 1. The predicted octanol–water partition coefficient (Wildman–Crippen LogP) is 4.02. The van der Waals surface area contributed by atoms with Crippen LogP contribution in [0, 0.1) is 0 Å². The molecule has 1 aromatic carbocycles. The number of fused-ring (bicyclic) bond motifs is 1. The summed E-state index contributed by atoms with van der Waals surface area (Å²) < 4.78 is 3.22. The van der Waals surface area contributed by atoms with Crippen LogP contribution < -0.4 is 0 Å². The first-order chi connectivity index (χ1) is 10.7. The summed E-state index contributed by atoms with van der Waals surface area (Å²) in [6.45, 7) is 1.91. The molecule has 3 heterocycles. The van der Waals surface area contributed by atoms with Crippen molar-refractivity contribution in [2.75, 3.05) is 6.54 Å². The van der Waals surface area contributed by atoms with E-state index >= 15 is 0 Å². The molecule has 0 amide bonds. The van der Waals surface area contributed by atoms with Crippen molar-refractivity contribution in [2.24, 2.45) is 7.05 Å². The first-order valence-corrected chi connectivity index (χ1v) is 8.67. The van der Waals surface area contributed by atoms with Gasteiger partial charge < -0.3 is 4.57 Å². The molecule has 0 unspecified atom stereocenters. The highest BCUT2D eigenvalue weighted by molar-refractivity contribution is 7.18. The van der Waals surface area contributed by atoms with Crippen molar-refractivity contribution in [1.82, 2.24) is 19.4 Å². The molecule has 4 rings (SSSR count). The minimum absolute atomic E-state index is 0.396. The Morgan fingerprint density at radius 2 is 2.23 bits per heavy atom. The molecule has 1 atom stereocenters. The maximum atomic E-state index is 6.09. The Bertz CT molecular complexity index is 776. The largest absolute Gasteiger partial charge is 0.321 e. The van der Waals surface area contributed by atoms with Gasteiger partial charge in [-0.05, 0) is 31.5 Å². The smallest absolute Gasteiger partial charge is 0.128 e. The summed E-state index contributed by atoms with van der Waals surface area (Å²) in [5, 5.41) is 1.91. The number of aromatic nitrogens is 3. The SMILES string of the molecule is Cn1c(Cl)cnc1CN1CCC[C@@H]1c1nc2ccccc2s1. The Morgan fingerprint density at radius 3 is 3.00 bits per heavy atom. The molecule has 0 bridgehead atoms. The number of para-hydroxylation sites is 1. The van der Waals surface area contributed by atoms with E-state index in [2.05, 4.69) is 28.1 Å². The third-order valence-corrected chi connectivity index (χ3v) is 5.82. The second kappa shape index (κ2) is 5.65. The molecule has 0 saturated carbocycles. The van der Waals surface area contributed by atoms with Crippen LogP contribution in [-0.4, -0.2) is 26.0 Å². The Morgan fingerprint density at radius 1 is 1.36 bits per heavy atom. The molecule has 2 aromatic heterocycles. The molecule has 0 spiro atoms. The molecule has 0 aliphatic carbocycles. The van der Waals surface area contributed by atoms with E-state index < -0.39 is 0 Å². The van der Waals surface area contributed by atoms with Gasteiger partial charge in [0.1, 0.15) is 16.0 Å². The van der Waals surface area contributed by atoms with Crippen molar-refractivity contribution in [2.45, 2.75) is 25.4 Å². The van der Waals surface area contributed by atoms with E-state index in [1.807, 2.05) is 29.0 Å². The summed E-state index contributed by atoms with van der Waals surface area (Å²) in [5.41, 5.74) is 1.11. The summed E-state index contributed by atoms with van der Waals surface area (Å²) in [6.07, 6.45) is 4.09. The van der Waals surface area contributed by atoms with Crippen molar-refractivity contribution in [3.8, 4) is 0 Å². The van der Waals surface area contributed by atoms with Gasteiger partial charge in [0, 0.05) is 7.05 Å². The molecular weight excluding hydrogens is 316 g/mol. The van der Waals surface area contributed by atoms with Gasteiger partial charge in [0.2, 0.25) is 0 Å². The normalized spacial score (nSPS) is 19.3. The quantitative estimate of drug-likeness (QED) is 0.726. The molecule has 0 N–H and O–H groups in total. The third kappa shape index (κ3) is 2.43. The van der Waals surface area contributed by atoms with Crippen LogP contribution in [0.15, 0.2) is 30.5 Å². The van der Waals surface area contributed by atoms with Crippen LogP contribution in [0.4, 0.5) is 0 Å². The van der Waals surface area contributed by atoms with E-state index in [4.69, 9.17) is 16.6 Å². The summed E-state index contributed by atoms with van der Waals surface area (Å²) in [6, 6.07) is 8.76. The fraction of sp³-hybridized carbons (Fsp3) is 0.375. The van der Waals surface area contributed by atoms with Crippen molar-refractivity contribution in [1.29, 1.82) is 0 Å². The van der Waals surface area contributed by atoms with Crippen LogP contribution in [0.5, 0.6) is 0 Å². The maximum Gasteiger partial charge on any atom is 0.128 e. The van der Waals surface area contributed by atoms with Crippen LogP contribution in [0.2, 0.25) is 5.15 Å². The number of nitrogens with zero attached hydrogens (tertiary/aromatic N) is 4. The van der Waals surface area contributed by atoms with Crippen molar-refractivity contribution in [3.63, 3.8) is 0 Å². The monoisotopic (exact) mass is 332 g/mol. The highest BCUT2D eigenvalue weighted by Gasteiger charge is 2.29. The lowest BCUT2D eigenvalue weighted by Gasteiger charge is -2.22. The van der Waals surface area contributed by atoms with Gasteiger partial charge in [-0.25, -0.2) is 9.97 Å². The fourth-order valence-electron chi connectivity index (χ4n) is 3.08. The third-order valence-electron chi connectivity index (χ3n) is 4.33. The summed E-state index contributed by atoms with van der Waals surface area (Å²) in [4.78, 5) is 11.7. The number of hydrogen-bond donors (Lipinski definition) is 0. The topological polar surface area (TPSA) is 34.0 Å². The Balaban J connectivity index is 1.61. The highest BCUT2D eigenvalue weighted by Crippen LogP contribution is 2.37. The van der Waals surface area contributed by atoms with Gasteiger partial charge in [0.25, 0.3) is 0 Å². The molecule has 1 aliphatic heterocycles. The molecule has 1 aliphatic rings. The number of imidazole rings is 1. The first-order valence-electron chi connectivity index (χ1n) is 7.48. The number of rotatable bonds is 3. The molecule has 1 fully saturated rings. The van der Waals surface area contributed by atoms with Gasteiger partial charge in [-0.1, -0.05) is 23.7 Å². The second-order valence-corrected chi connectivity index (χ2v) is 7.15. The van der Waals surface area contributed by atoms with Gasteiger partial charge >= 0.3 is 0 Å². The number of benzene rings is 1. The van der Waals surface area contributed by atoms with E-state index in [1.165, 1.54) is 16.1 Å². The van der Waals surface area contributed by atoms with E-state index in [0.717, 1.165) is 30.9 Å². The van der Waals surface area contributed by atoms with Gasteiger partial charge in [-0.2, -0.15) is 0 Å². The second-order valence-electron chi connectivity index (χ2n) is 5.70. The summed E-state index contributed by atoms with van der Waals surface area (Å²) in [7, 11) is 1.97. The lowest BCUT2D eigenvalue weighted by atomic mass is 10.2.